The molecular weight excluding hydrogens is 400 g/mol. The lowest BCUT2D eigenvalue weighted by Crippen LogP contribution is -2.25. The van der Waals surface area contributed by atoms with Crippen LogP contribution in [-0.2, 0) is 9.47 Å². The van der Waals surface area contributed by atoms with E-state index in [4.69, 9.17) is 14.2 Å². The average Bonchev–Trinajstić information content (AvgIpc) is 3.28. The van der Waals surface area contributed by atoms with Crippen LogP contribution in [0.25, 0.3) is 17.0 Å². The van der Waals surface area contributed by atoms with Gasteiger partial charge in [-0.3, -0.25) is 0 Å². The number of ether oxygens (including phenoxy) is 3. The maximum atomic E-state index is 13.7. The van der Waals surface area contributed by atoms with Gasteiger partial charge in [-0.1, -0.05) is 0 Å². The van der Waals surface area contributed by atoms with Gasteiger partial charge >= 0.3 is 5.97 Å². The molecule has 3 aromatic rings. The number of fused-ring (bicyclic) bond motifs is 1. The van der Waals surface area contributed by atoms with Crippen LogP contribution in [0.5, 0.6) is 5.75 Å². The summed E-state index contributed by atoms with van der Waals surface area (Å²) in [5, 5.41) is 13.4. The Kier molecular flexibility index (Phi) is 5.12. The molecule has 1 fully saturated rings. The zero-order valence-corrected chi connectivity index (χ0v) is 16.2. The Labute approximate surface area is 170 Å². The van der Waals surface area contributed by atoms with Gasteiger partial charge in [0.2, 0.25) is 0 Å². The molecule has 0 aliphatic carbocycles. The number of aromatic nitrogens is 3. The molecule has 0 bridgehead atoms. The smallest absolute Gasteiger partial charge is 0.339 e. The second-order valence-corrected chi connectivity index (χ2v) is 7.24. The molecule has 0 unspecified atom stereocenters. The first-order chi connectivity index (χ1) is 14.2. The van der Waals surface area contributed by atoms with Crippen molar-refractivity contribution in [3.05, 3.63) is 47.7 Å². The molecule has 1 atom stereocenters. The van der Waals surface area contributed by atoms with Gasteiger partial charge in [0, 0.05) is 17.3 Å². The molecule has 1 saturated heterocycles. The van der Waals surface area contributed by atoms with E-state index in [1.165, 1.54) is 41.0 Å². The van der Waals surface area contributed by atoms with Gasteiger partial charge in [0.25, 0.3) is 6.43 Å². The topological polar surface area (TPSA) is 95.2 Å². The van der Waals surface area contributed by atoms with E-state index >= 15 is 0 Å². The Balaban J connectivity index is 1.62. The van der Waals surface area contributed by atoms with Crippen LogP contribution in [0.1, 0.15) is 36.2 Å². The fourth-order valence-corrected chi connectivity index (χ4v) is 3.24. The number of alkyl halides is 2. The van der Waals surface area contributed by atoms with E-state index < -0.39 is 18.2 Å². The Morgan fingerprint density at radius 3 is 2.87 bits per heavy atom. The van der Waals surface area contributed by atoms with Crippen LogP contribution in [0.3, 0.4) is 0 Å². The van der Waals surface area contributed by atoms with E-state index in [1.807, 2.05) is 0 Å². The molecule has 158 valence electrons. The first kappa shape index (κ1) is 20.2. The highest BCUT2D eigenvalue weighted by molar-refractivity contribution is 5.94. The molecule has 10 heteroatoms. The van der Waals surface area contributed by atoms with E-state index in [9.17, 15) is 18.7 Å². The van der Waals surface area contributed by atoms with Gasteiger partial charge in [-0.2, -0.15) is 0 Å². The van der Waals surface area contributed by atoms with Gasteiger partial charge in [0.1, 0.15) is 24.0 Å². The predicted molar refractivity (Wildman–Crippen MR) is 101 cm³/mol. The summed E-state index contributed by atoms with van der Waals surface area (Å²) in [5.41, 5.74) is -0.221. The van der Waals surface area contributed by atoms with E-state index in [0.717, 1.165) is 0 Å². The molecular formula is C20H19F2N3O5. The van der Waals surface area contributed by atoms with Crippen molar-refractivity contribution in [1.29, 1.82) is 0 Å². The predicted octanol–water partition coefficient (Wildman–Crippen LogP) is 3.56. The lowest BCUT2D eigenvalue weighted by Gasteiger charge is -2.17. The van der Waals surface area contributed by atoms with E-state index in [1.54, 1.807) is 13.8 Å². The highest BCUT2D eigenvalue weighted by Crippen LogP contribution is 2.33. The van der Waals surface area contributed by atoms with Crippen LogP contribution >= 0.6 is 0 Å². The largest absolute Gasteiger partial charge is 0.491 e. The van der Waals surface area contributed by atoms with Crippen molar-refractivity contribution in [2.45, 2.75) is 32.2 Å². The minimum absolute atomic E-state index is 0.000161. The molecule has 0 amide bonds. The fraction of sp³-hybridized carbons (Fsp3) is 0.350. The number of benzene rings is 1. The number of rotatable bonds is 6. The number of halogens is 2. The number of carbonyl (C=O) groups is 1. The summed E-state index contributed by atoms with van der Waals surface area (Å²) < 4.78 is 45.4. The van der Waals surface area contributed by atoms with Gasteiger partial charge in [0.05, 0.1) is 6.61 Å². The van der Waals surface area contributed by atoms with Gasteiger partial charge in [0.15, 0.2) is 17.3 Å². The molecule has 0 saturated carbocycles. The van der Waals surface area contributed by atoms with E-state index in [-0.39, 0.29) is 46.6 Å². The summed E-state index contributed by atoms with van der Waals surface area (Å²) in [6, 6.07) is 7.06. The lowest BCUT2D eigenvalue weighted by molar-refractivity contribution is -0.141. The van der Waals surface area contributed by atoms with Crippen LogP contribution in [0, 0.1) is 0 Å². The van der Waals surface area contributed by atoms with Gasteiger partial charge in [-0.05, 0) is 44.2 Å². The number of hydrogen-bond acceptors (Lipinski definition) is 6. The number of pyridine rings is 1. The Morgan fingerprint density at radius 1 is 1.40 bits per heavy atom. The minimum atomic E-state index is -2.81. The van der Waals surface area contributed by atoms with Crippen molar-refractivity contribution in [1.82, 2.24) is 14.6 Å². The standard InChI is InChI=1S/C20H19F2N3O5/c1-20(2)29-10-12(30-20)9-28-11-5-6-13(15(8-11)16(21)22)17-23-18-14(19(26)27)4-3-7-25(18)24-17/h3-8,12,16H,9-10H2,1-2H3,(H,26,27)/t12-/m0/s1. The third-order valence-electron chi connectivity index (χ3n) is 4.59. The SMILES string of the molecule is CC1(C)OC[C@H](COc2ccc(-c3nc4c(C(=O)O)cccn4n3)c(C(F)F)c2)O1. The molecule has 30 heavy (non-hydrogen) atoms. The van der Waals surface area contributed by atoms with Gasteiger partial charge in [-0.15, -0.1) is 5.10 Å². The number of carboxylic acid groups (broad SMARTS) is 1. The molecule has 4 rings (SSSR count). The Morgan fingerprint density at radius 2 is 2.20 bits per heavy atom. The number of hydrogen-bond donors (Lipinski definition) is 1. The highest BCUT2D eigenvalue weighted by Gasteiger charge is 2.33. The Bertz CT molecular complexity index is 1100. The molecule has 2 aromatic heterocycles. The summed E-state index contributed by atoms with van der Waals surface area (Å²) in [5.74, 6) is -1.63. The zero-order chi connectivity index (χ0) is 21.5. The third kappa shape index (κ3) is 3.96. The molecule has 1 N–H and O–H groups in total. The summed E-state index contributed by atoms with van der Waals surface area (Å²) in [6.45, 7) is 4.08. The molecule has 1 aliphatic heterocycles. The van der Waals surface area contributed by atoms with Crippen molar-refractivity contribution in [3.63, 3.8) is 0 Å². The van der Waals surface area contributed by atoms with Crippen LogP contribution in [0.4, 0.5) is 8.78 Å². The summed E-state index contributed by atoms with van der Waals surface area (Å²) in [6.07, 6.45) is -1.61. The monoisotopic (exact) mass is 419 g/mol. The molecule has 1 aliphatic rings. The van der Waals surface area contributed by atoms with Crippen molar-refractivity contribution >= 4 is 11.6 Å². The molecule has 0 radical (unpaired) electrons. The highest BCUT2D eigenvalue weighted by atomic mass is 19.3. The maximum Gasteiger partial charge on any atom is 0.339 e. The van der Waals surface area contributed by atoms with E-state index in [0.29, 0.717) is 6.61 Å². The second-order valence-electron chi connectivity index (χ2n) is 7.24. The quantitative estimate of drug-likeness (QED) is 0.653. The lowest BCUT2D eigenvalue weighted by atomic mass is 10.1. The van der Waals surface area contributed by atoms with Crippen LogP contribution in [0.15, 0.2) is 36.5 Å². The Hall–Kier alpha value is -3.11. The number of nitrogens with zero attached hydrogens (tertiary/aromatic N) is 3. The third-order valence-corrected chi connectivity index (χ3v) is 4.59. The fourth-order valence-electron chi connectivity index (χ4n) is 3.24. The average molecular weight is 419 g/mol. The first-order valence-corrected chi connectivity index (χ1v) is 9.19. The molecule has 3 heterocycles. The molecule has 0 spiro atoms. The molecule has 1 aromatic carbocycles. The minimum Gasteiger partial charge on any atom is -0.491 e. The normalized spacial score (nSPS) is 18.2. The van der Waals surface area contributed by atoms with Crippen LogP contribution < -0.4 is 4.74 Å². The van der Waals surface area contributed by atoms with Crippen molar-refractivity contribution in [2.24, 2.45) is 0 Å². The van der Waals surface area contributed by atoms with Gasteiger partial charge in [-0.25, -0.2) is 23.1 Å². The van der Waals surface area contributed by atoms with E-state index in [2.05, 4.69) is 10.1 Å². The summed E-state index contributed by atoms with van der Waals surface area (Å²) in [4.78, 5) is 15.5. The second kappa shape index (κ2) is 7.62. The number of aromatic carboxylic acids is 1. The van der Waals surface area contributed by atoms with Crippen LogP contribution in [0.2, 0.25) is 0 Å². The van der Waals surface area contributed by atoms with Gasteiger partial charge < -0.3 is 19.3 Å². The van der Waals surface area contributed by atoms with Crippen molar-refractivity contribution < 1.29 is 32.9 Å². The summed E-state index contributed by atoms with van der Waals surface area (Å²) >= 11 is 0. The molecule has 8 nitrogen and oxygen atoms in total. The summed E-state index contributed by atoms with van der Waals surface area (Å²) in [7, 11) is 0. The maximum absolute atomic E-state index is 13.7. The van der Waals surface area contributed by atoms with Crippen molar-refractivity contribution in [2.75, 3.05) is 13.2 Å². The zero-order valence-electron chi connectivity index (χ0n) is 16.2. The number of carboxylic acids is 1. The van der Waals surface area contributed by atoms with Crippen LogP contribution in [-0.4, -0.2) is 50.8 Å². The first-order valence-electron chi connectivity index (χ1n) is 9.19. The van der Waals surface area contributed by atoms with Crippen molar-refractivity contribution in [3.8, 4) is 17.1 Å².